The number of carbonyl (C=O) groups excluding carboxylic acids is 1. The summed E-state index contributed by atoms with van der Waals surface area (Å²) in [5.74, 6) is 0.799. The summed E-state index contributed by atoms with van der Waals surface area (Å²) in [5, 5.41) is 3.01. The molecule has 1 aromatic carbocycles. The molecule has 2 atom stereocenters. The number of nitrogens with one attached hydrogen (secondary N) is 1. The van der Waals surface area contributed by atoms with E-state index in [1.54, 1.807) is 6.26 Å². The van der Waals surface area contributed by atoms with Crippen LogP contribution in [-0.4, -0.2) is 18.5 Å². The van der Waals surface area contributed by atoms with Crippen LogP contribution in [0.25, 0.3) is 0 Å². The molecule has 2 aromatic rings. The molecular weight excluding hydrogens is 276 g/mol. The number of anilines is 1. The Morgan fingerprint density at radius 1 is 1.36 bits per heavy atom. The molecule has 1 aliphatic heterocycles. The van der Waals surface area contributed by atoms with E-state index in [1.165, 1.54) is 11.3 Å². The fourth-order valence-electron chi connectivity index (χ4n) is 3.05. The number of rotatable bonds is 4. The summed E-state index contributed by atoms with van der Waals surface area (Å²) in [6.45, 7) is 4.49. The molecule has 2 heterocycles. The quantitative estimate of drug-likeness (QED) is 0.942. The van der Waals surface area contributed by atoms with E-state index < -0.39 is 0 Å². The van der Waals surface area contributed by atoms with E-state index in [-0.39, 0.29) is 11.9 Å². The average molecular weight is 298 g/mol. The molecule has 1 aliphatic rings. The topological polar surface area (TPSA) is 45.5 Å². The Morgan fingerprint density at radius 2 is 2.18 bits per heavy atom. The second-order valence-electron chi connectivity index (χ2n) is 5.95. The van der Waals surface area contributed by atoms with Crippen molar-refractivity contribution in [3.8, 4) is 0 Å². The van der Waals surface area contributed by atoms with Gasteiger partial charge in [0.05, 0.1) is 18.8 Å². The maximum absolute atomic E-state index is 12.4. The van der Waals surface area contributed by atoms with E-state index in [0.717, 1.165) is 18.6 Å². The Balaban J connectivity index is 1.68. The van der Waals surface area contributed by atoms with Crippen LogP contribution < -0.4 is 10.2 Å². The molecule has 3 rings (SSSR count). The number of hydrogen-bond acceptors (Lipinski definition) is 3. The number of hydrogen-bond donors (Lipinski definition) is 1. The highest BCUT2D eigenvalue weighted by atomic mass is 16.3. The number of fused-ring (bicyclic) bond motifs is 1. The van der Waals surface area contributed by atoms with Crippen LogP contribution >= 0.6 is 0 Å². The summed E-state index contributed by atoms with van der Waals surface area (Å²) in [7, 11) is 0. The van der Waals surface area contributed by atoms with Gasteiger partial charge in [0, 0.05) is 11.7 Å². The van der Waals surface area contributed by atoms with Crippen LogP contribution in [0.5, 0.6) is 0 Å². The Kier molecular flexibility index (Phi) is 4.18. The normalized spacial score (nSPS) is 18.6. The lowest BCUT2D eigenvalue weighted by Gasteiger charge is -2.36. The summed E-state index contributed by atoms with van der Waals surface area (Å²) < 4.78 is 5.34. The maximum Gasteiger partial charge on any atom is 0.240 e. The molecule has 0 saturated carbocycles. The van der Waals surface area contributed by atoms with Gasteiger partial charge in [-0.15, -0.1) is 0 Å². The van der Waals surface area contributed by atoms with Crippen molar-refractivity contribution >= 4 is 11.6 Å². The predicted octanol–water partition coefficient (Wildman–Crippen LogP) is 3.30. The SMILES string of the molecule is C[C@H](NC(=O)CN1c2ccccc2CC[C@@H]1C)c1ccco1. The van der Waals surface area contributed by atoms with Crippen LogP contribution in [-0.2, 0) is 11.2 Å². The monoisotopic (exact) mass is 298 g/mol. The van der Waals surface area contributed by atoms with E-state index in [9.17, 15) is 4.79 Å². The van der Waals surface area contributed by atoms with E-state index in [4.69, 9.17) is 4.42 Å². The third kappa shape index (κ3) is 3.01. The zero-order valence-corrected chi connectivity index (χ0v) is 13.1. The zero-order valence-electron chi connectivity index (χ0n) is 13.1. The number of benzene rings is 1. The molecular formula is C18H22N2O2. The lowest BCUT2D eigenvalue weighted by atomic mass is 9.96. The minimum absolute atomic E-state index is 0.0208. The van der Waals surface area contributed by atoms with Gasteiger partial charge in [-0.05, 0) is 50.5 Å². The van der Waals surface area contributed by atoms with E-state index in [2.05, 4.69) is 35.3 Å². The summed E-state index contributed by atoms with van der Waals surface area (Å²) in [6.07, 6.45) is 3.79. The second kappa shape index (κ2) is 6.26. The first-order valence-electron chi connectivity index (χ1n) is 7.82. The number of aryl methyl sites for hydroxylation is 1. The van der Waals surface area contributed by atoms with E-state index in [0.29, 0.717) is 12.6 Å². The van der Waals surface area contributed by atoms with Crippen molar-refractivity contribution in [2.24, 2.45) is 0 Å². The number of amides is 1. The van der Waals surface area contributed by atoms with Gasteiger partial charge in [-0.1, -0.05) is 18.2 Å². The summed E-state index contributed by atoms with van der Waals surface area (Å²) >= 11 is 0. The van der Waals surface area contributed by atoms with Crippen LogP contribution in [0.4, 0.5) is 5.69 Å². The predicted molar refractivity (Wildman–Crippen MR) is 86.8 cm³/mol. The summed E-state index contributed by atoms with van der Waals surface area (Å²) in [4.78, 5) is 14.6. The van der Waals surface area contributed by atoms with E-state index >= 15 is 0 Å². The number of furan rings is 1. The van der Waals surface area contributed by atoms with Gasteiger partial charge in [0.1, 0.15) is 5.76 Å². The highest BCUT2D eigenvalue weighted by Crippen LogP contribution is 2.30. The molecule has 0 fully saturated rings. The van der Waals surface area contributed by atoms with Crippen LogP contribution in [0.2, 0.25) is 0 Å². The molecule has 0 aliphatic carbocycles. The molecule has 1 amide bonds. The minimum atomic E-state index is -0.113. The highest BCUT2D eigenvalue weighted by Gasteiger charge is 2.25. The first kappa shape index (κ1) is 14.7. The molecule has 4 nitrogen and oxygen atoms in total. The number of carbonyl (C=O) groups is 1. The lowest BCUT2D eigenvalue weighted by Crippen LogP contribution is -2.44. The average Bonchev–Trinajstić information content (AvgIpc) is 3.04. The van der Waals surface area contributed by atoms with Gasteiger partial charge in [0.25, 0.3) is 0 Å². The van der Waals surface area contributed by atoms with Gasteiger partial charge in [0.2, 0.25) is 5.91 Å². The molecule has 1 N–H and O–H groups in total. The Hall–Kier alpha value is -2.23. The molecule has 0 saturated heterocycles. The van der Waals surface area contributed by atoms with Gasteiger partial charge < -0.3 is 14.6 Å². The Morgan fingerprint density at radius 3 is 2.95 bits per heavy atom. The van der Waals surface area contributed by atoms with Crippen molar-refractivity contribution in [1.82, 2.24) is 5.32 Å². The van der Waals surface area contributed by atoms with Crippen LogP contribution in [0, 0.1) is 0 Å². The fourth-order valence-corrected chi connectivity index (χ4v) is 3.05. The van der Waals surface area contributed by atoms with Crippen molar-refractivity contribution in [1.29, 1.82) is 0 Å². The van der Waals surface area contributed by atoms with Crippen molar-refractivity contribution in [3.63, 3.8) is 0 Å². The zero-order chi connectivity index (χ0) is 15.5. The molecule has 0 spiro atoms. The van der Waals surface area contributed by atoms with Gasteiger partial charge in [-0.2, -0.15) is 0 Å². The highest BCUT2D eigenvalue weighted by molar-refractivity contribution is 5.82. The van der Waals surface area contributed by atoms with Gasteiger partial charge in [0.15, 0.2) is 0 Å². The van der Waals surface area contributed by atoms with E-state index in [1.807, 2.05) is 25.1 Å². The third-order valence-corrected chi connectivity index (χ3v) is 4.33. The number of nitrogens with zero attached hydrogens (tertiary/aromatic N) is 1. The smallest absolute Gasteiger partial charge is 0.240 e. The van der Waals surface area contributed by atoms with Gasteiger partial charge >= 0.3 is 0 Å². The molecule has 1 aromatic heterocycles. The van der Waals surface area contributed by atoms with Crippen molar-refractivity contribution < 1.29 is 9.21 Å². The molecule has 116 valence electrons. The largest absolute Gasteiger partial charge is 0.467 e. The summed E-state index contributed by atoms with van der Waals surface area (Å²) in [5.41, 5.74) is 2.51. The molecule has 4 heteroatoms. The van der Waals surface area contributed by atoms with Gasteiger partial charge in [-0.3, -0.25) is 4.79 Å². The third-order valence-electron chi connectivity index (χ3n) is 4.33. The molecule has 0 bridgehead atoms. The first-order chi connectivity index (χ1) is 10.6. The van der Waals surface area contributed by atoms with Crippen LogP contribution in [0.1, 0.15) is 37.6 Å². The second-order valence-corrected chi connectivity index (χ2v) is 5.95. The minimum Gasteiger partial charge on any atom is -0.467 e. The fraction of sp³-hybridized carbons (Fsp3) is 0.389. The Labute approximate surface area is 131 Å². The maximum atomic E-state index is 12.4. The first-order valence-corrected chi connectivity index (χ1v) is 7.82. The molecule has 22 heavy (non-hydrogen) atoms. The standard InChI is InChI=1S/C18H22N2O2/c1-13-9-10-15-6-3-4-7-16(15)20(13)12-18(21)19-14(2)17-8-5-11-22-17/h3-8,11,13-14H,9-10,12H2,1-2H3,(H,19,21)/t13-,14-/m0/s1. The van der Waals surface area contributed by atoms with Gasteiger partial charge in [-0.25, -0.2) is 0 Å². The van der Waals surface area contributed by atoms with Crippen LogP contribution in [0.3, 0.4) is 0 Å². The van der Waals surface area contributed by atoms with Crippen molar-refractivity contribution in [2.75, 3.05) is 11.4 Å². The van der Waals surface area contributed by atoms with Crippen molar-refractivity contribution in [2.45, 2.75) is 38.8 Å². The molecule has 0 radical (unpaired) electrons. The lowest BCUT2D eigenvalue weighted by molar-refractivity contribution is -0.120. The van der Waals surface area contributed by atoms with Crippen LogP contribution in [0.15, 0.2) is 47.1 Å². The van der Waals surface area contributed by atoms with Crippen molar-refractivity contribution in [3.05, 3.63) is 54.0 Å². The Bertz CT molecular complexity index is 636. The summed E-state index contributed by atoms with van der Waals surface area (Å²) in [6, 6.07) is 12.3. The molecule has 0 unspecified atom stereocenters. The number of para-hydroxylation sites is 1.